The molecule has 3 aromatic carbocycles. The van der Waals surface area contributed by atoms with Gasteiger partial charge in [-0.15, -0.1) is 0 Å². The van der Waals surface area contributed by atoms with Crippen LogP contribution < -0.4 is 20.2 Å². The molecule has 0 unspecified atom stereocenters. The average Bonchev–Trinajstić information content (AvgIpc) is 2.86. The van der Waals surface area contributed by atoms with Crippen LogP contribution in [0.25, 0.3) is 0 Å². The van der Waals surface area contributed by atoms with Crippen LogP contribution in [0.4, 0.5) is 11.4 Å². The third-order valence-electron chi connectivity index (χ3n) is 5.19. The molecule has 0 aromatic heterocycles. The molecule has 0 bridgehead atoms. The number of aryl methyl sites for hydroxylation is 2. The Morgan fingerprint density at radius 1 is 1.05 bits per heavy atom. The molecule has 37 heavy (non-hydrogen) atoms. The van der Waals surface area contributed by atoms with Crippen LogP contribution in [0.2, 0.25) is 0 Å². The number of non-ortho nitro benzene ring substituents is 1. The van der Waals surface area contributed by atoms with Crippen molar-refractivity contribution in [1.29, 1.82) is 0 Å². The van der Waals surface area contributed by atoms with E-state index in [4.69, 9.17) is 9.47 Å². The van der Waals surface area contributed by atoms with Crippen LogP contribution in [-0.4, -0.2) is 36.2 Å². The number of halogens is 1. The number of nitrogens with one attached hydrogen (secondary N) is 2. The molecule has 0 saturated carbocycles. The lowest BCUT2D eigenvalue weighted by molar-refractivity contribution is -0.384. The second-order valence-electron chi connectivity index (χ2n) is 7.90. The molecular formula is C26H25IN4O6. The van der Waals surface area contributed by atoms with Crippen LogP contribution in [0.3, 0.4) is 0 Å². The molecule has 0 radical (unpaired) electrons. The second kappa shape index (κ2) is 12.8. The van der Waals surface area contributed by atoms with Crippen molar-refractivity contribution in [1.82, 2.24) is 5.43 Å². The van der Waals surface area contributed by atoms with E-state index in [2.05, 4.69) is 38.4 Å². The molecule has 11 heteroatoms. The van der Waals surface area contributed by atoms with Gasteiger partial charge in [0.25, 0.3) is 17.5 Å². The zero-order valence-electron chi connectivity index (χ0n) is 20.4. The van der Waals surface area contributed by atoms with Gasteiger partial charge >= 0.3 is 0 Å². The van der Waals surface area contributed by atoms with Gasteiger partial charge in [0.1, 0.15) is 0 Å². The average molecular weight is 616 g/mol. The third-order valence-corrected chi connectivity index (χ3v) is 5.99. The number of rotatable bonds is 10. The maximum Gasteiger partial charge on any atom is 0.271 e. The lowest BCUT2D eigenvalue weighted by atomic mass is 10.1. The number of ether oxygens (including phenoxy) is 2. The van der Waals surface area contributed by atoms with Crippen LogP contribution in [0.1, 0.15) is 34.0 Å². The van der Waals surface area contributed by atoms with Crippen molar-refractivity contribution in [3.05, 3.63) is 90.5 Å². The molecule has 0 aliphatic rings. The summed E-state index contributed by atoms with van der Waals surface area (Å²) in [4.78, 5) is 34.9. The van der Waals surface area contributed by atoms with E-state index in [1.807, 2.05) is 39.0 Å². The Labute approximate surface area is 227 Å². The van der Waals surface area contributed by atoms with Gasteiger partial charge in [0.15, 0.2) is 18.1 Å². The third kappa shape index (κ3) is 7.74. The number of nitro benzene ring substituents is 1. The molecule has 0 atom stereocenters. The highest BCUT2D eigenvalue weighted by atomic mass is 127. The normalized spacial score (nSPS) is 10.7. The molecule has 3 rings (SSSR count). The smallest absolute Gasteiger partial charge is 0.271 e. The monoisotopic (exact) mass is 616 g/mol. The van der Waals surface area contributed by atoms with E-state index in [0.717, 1.165) is 11.1 Å². The van der Waals surface area contributed by atoms with Gasteiger partial charge in [-0.05, 0) is 96.5 Å². The first-order chi connectivity index (χ1) is 17.7. The van der Waals surface area contributed by atoms with Crippen molar-refractivity contribution in [2.45, 2.75) is 20.8 Å². The summed E-state index contributed by atoms with van der Waals surface area (Å²) in [7, 11) is 0. The molecule has 0 heterocycles. The predicted molar refractivity (Wildman–Crippen MR) is 149 cm³/mol. The van der Waals surface area contributed by atoms with Gasteiger partial charge in [0.05, 0.1) is 21.3 Å². The number of nitro groups is 1. The molecule has 0 saturated heterocycles. The summed E-state index contributed by atoms with van der Waals surface area (Å²) in [6.45, 7) is 5.97. The summed E-state index contributed by atoms with van der Waals surface area (Å²) >= 11 is 2.07. The lowest BCUT2D eigenvalue weighted by Crippen LogP contribution is -2.21. The van der Waals surface area contributed by atoms with Crippen molar-refractivity contribution in [2.75, 3.05) is 18.5 Å². The number of benzene rings is 3. The number of hydrogen-bond acceptors (Lipinski definition) is 7. The molecule has 0 fully saturated rings. The molecular weight excluding hydrogens is 591 g/mol. The molecule has 3 aromatic rings. The number of carbonyl (C=O) groups excluding carboxylic acids is 2. The largest absolute Gasteiger partial charge is 0.490 e. The zero-order chi connectivity index (χ0) is 26.9. The fraction of sp³-hybridized carbons (Fsp3) is 0.192. The number of anilines is 1. The zero-order valence-corrected chi connectivity index (χ0v) is 22.6. The topological polar surface area (TPSA) is 132 Å². The van der Waals surface area contributed by atoms with E-state index < -0.39 is 10.8 Å². The Morgan fingerprint density at radius 2 is 1.78 bits per heavy atom. The fourth-order valence-corrected chi connectivity index (χ4v) is 3.97. The lowest BCUT2D eigenvalue weighted by Gasteiger charge is -2.15. The van der Waals surface area contributed by atoms with Gasteiger partial charge in [0, 0.05) is 23.4 Å². The minimum atomic E-state index is -0.540. The number of hydrogen-bond donors (Lipinski definition) is 2. The van der Waals surface area contributed by atoms with Crippen LogP contribution >= 0.6 is 22.6 Å². The van der Waals surface area contributed by atoms with Gasteiger partial charge in [-0.3, -0.25) is 19.7 Å². The number of carbonyl (C=O) groups is 2. The summed E-state index contributed by atoms with van der Waals surface area (Å²) in [5, 5.41) is 17.5. The van der Waals surface area contributed by atoms with Crippen molar-refractivity contribution in [3.8, 4) is 11.5 Å². The minimum Gasteiger partial charge on any atom is -0.490 e. The molecule has 2 amide bonds. The summed E-state index contributed by atoms with van der Waals surface area (Å²) < 4.78 is 12.2. The van der Waals surface area contributed by atoms with Crippen molar-refractivity contribution < 1.29 is 24.0 Å². The van der Waals surface area contributed by atoms with E-state index in [1.54, 1.807) is 12.1 Å². The SMILES string of the molecule is CCOc1cc(/C=N/NC(=O)c2ccc([N+](=O)[O-])cc2)cc(I)c1OCC(=O)Nc1ccc(C)c(C)c1. The van der Waals surface area contributed by atoms with Crippen molar-refractivity contribution >= 4 is 52.0 Å². The van der Waals surface area contributed by atoms with Gasteiger partial charge in [-0.1, -0.05) is 6.07 Å². The molecule has 10 nitrogen and oxygen atoms in total. The van der Waals surface area contributed by atoms with Gasteiger partial charge < -0.3 is 14.8 Å². The highest BCUT2D eigenvalue weighted by Crippen LogP contribution is 2.34. The van der Waals surface area contributed by atoms with Crippen LogP contribution in [0.15, 0.2) is 59.7 Å². The highest BCUT2D eigenvalue weighted by Gasteiger charge is 2.14. The predicted octanol–water partition coefficient (Wildman–Crippen LogP) is 5.00. The number of nitrogens with zero attached hydrogens (tertiary/aromatic N) is 2. The highest BCUT2D eigenvalue weighted by molar-refractivity contribution is 14.1. The Kier molecular flexibility index (Phi) is 9.55. The molecule has 192 valence electrons. The molecule has 0 aliphatic heterocycles. The summed E-state index contributed by atoms with van der Waals surface area (Å²) in [6, 6.07) is 14.3. The second-order valence-corrected chi connectivity index (χ2v) is 9.06. The Bertz CT molecular complexity index is 1340. The van der Waals surface area contributed by atoms with E-state index >= 15 is 0 Å². The first kappa shape index (κ1) is 27.6. The van der Waals surface area contributed by atoms with Crippen molar-refractivity contribution in [3.63, 3.8) is 0 Å². The van der Waals surface area contributed by atoms with E-state index in [1.165, 1.54) is 30.5 Å². The standard InChI is InChI=1S/C26H25IN4O6/c1-4-36-23-13-18(14-28-30-26(33)19-6-9-21(10-7-19)31(34)35)12-22(27)25(23)37-15-24(32)29-20-8-5-16(2)17(3)11-20/h5-14H,4,15H2,1-3H3,(H,29,32)(H,30,33)/b28-14+. The number of amides is 2. The summed E-state index contributed by atoms with van der Waals surface area (Å²) in [5.41, 5.74) is 6.05. The maximum atomic E-state index is 12.4. The summed E-state index contributed by atoms with van der Waals surface area (Å²) in [6.07, 6.45) is 1.43. The van der Waals surface area contributed by atoms with Crippen molar-refractivity contribution in [2.24, 2.45) is 5.10 Å². The Balaban J connectivity index is 1.65. The number of hydrazone groups is 1. The first-order valence-electron chi connectivity index (χ1n) is 11.2. The minimum absolute atomic E-state index is 0.108. The Hall–Kier alpha value is -4.00. The fourth-order valence-electron chi connectivity index (χ4n) is 3.18. The van der Waals surface area contributed by atoms with Gasteiger partial charge in [0.2, 0.25) is 0 Å². The van der Waals surface area contributed by atoms with Gasteiger partial charge in [-0.2, -0.15) is 5.10 Å². The Morgan fingerprint density at radius 3 is 2.43 bits per heavy atom. The quantitative estimate of drug-likeness (QED) is 0.143. The molecule has 0 aliphatic carbocycles. The molecule has 2 N–H and O–H groups in total. The molecule has 0 spiro atoms. The summed E-state index contributed by atoms with van der Waals surface area (Å²) in [5.74, 6) is 0.0305. The van der Waals surface area contributed by atoms with E-state index in [-0.39, 0.29) is 23.8 Å². The van der Waals surface area contributed by atoms with E-state index in [0.29, 0.717) is 32.9 Å². The van der Waals surface area contributed by atoms with Crippen LogP contribution in [0.5, 0.6) is 11.5 Å². The van der Waals surface area contributed by atoms with Crippen LogP contribution in [-0.2, 0) is 4.79 Å². The van der Waals surface area contributed by atoms with Crippen LogP contribution in [0, 0.1) is 27.5 Å². The van der Waals surface area contributed by atoms with E-state index in [9.17, 15) is 19.7 Å². The maximum absolute atomic E-state index is 12.4. The van der Waals surface area contributed by atoms with Gasteiger partial charge in [-0.25, -0.2) is 5.43 Å². The first-order valence-corrected chi connectivity index (χ1v) is 12.3.